The maximum absolute atomic E-state index is 13.0. The molecule has 2 N–H and O–H groups in total. The normalized spacial score (nSPS) is 22.9. The third kappa shape index (κ3) is 3.83. The summed E-state index contributed by atoms with van der Waals surface area (Å²) in [5.41, 5.74) is -0.0161. The van der Waals surface area contributed by atoms with Crippen molar-refractivity contribution in [2.75, 3.05) is 23.4 Å². The van der Waals surface area contributed by atoms with Gasteiger partial charge in [-0.1, -0.05) is 0 Å². The van der Waals surface area contributed by atoms with Gasteiger partial charge in [0.25, 0.3) is 0 Å². The topological polar surface area (TPSA) is 92.2 Å². The largest absolute Gasteiger partial charge is 0.387 e. The van der Waals surface area contributed by atoms with E-state index in [1.165, 1.54) is 18.3 Å². The first-order valence-corrected chi connectivity index (χ1v) is 8.92. The summed E-state index contributed by atoms with van der Waals surface area (Å²) in [6.45, 7) is 0.0772. The zero-order valence-corrected chi connectivity index (χ0v) is 13.1. The molecule has 0 saturated carbocycles. The van der Waals surface area contributed by atoms with Crippen molar-refractivity contribution in [1.29, 1.82) is 0 Å². The van der Waals surface area contributed by atoms with Crippen LogP contribution in [0.4, 0.5) is 10.2 Å². The summed E-state index contributed by atoms with van der Waals surface area (Å²) in [5.74, 6) is -0.171. The molecule has 1 aliphatic heterocycles. The van der Waals surface area contributed by atoms with Gasteiger partial charge in [0.1, 0.15) is 11.6 Å². The van der Waals surface area contributed by atoms with Crippen LogP contribution in [0.1, 0.15) is 6.42 Å². The summed E-state index contributed by atoms with van der Waals surface area (Å²) in [6.07, 6.45) is 3.24. The van der Waals surface area contributed by atoms with Gasteiger partial charge in [-0.2, -0.15) is 0 Å². The molecule has 0 bridgehead atoms. The van der Waals surface area contributed by atoms with Gasteiger partial charge in [-0.25, -0.2) is 17.8 Å². The molecule has 2 aromatic rings. The Hall–Kier alpha value is -2.06. The van der Waals surface area contributed by atoms with Gasteiger partial charge in [-0.15, -0.1) is 0 Å². The molecule has 1 aromatic carbocycles. The van der Waals surface area contributed by atoms with Crippen LogP contribution in [0.15, 0.2) is 36.7 Å². The van der Waals surface area contributed by atoms with E-state index in [1.54, 1.807) is 18.3 Å². The lowest BCUT2D eigenvalue weighted by molar-refractivity contribution is 0.0814. The third-order valence-electron chi connectivity index (χ3n) is 3.74. The second-order valence-corrected chi connectivity index (χ2v) is 7.90. The monoisotopic (exact) mass is 337 g/mol. The van der Waals surface area contributed by atoms with Crippen molar-refractivity contribution in [1.82, 2.24) is 9.97 Å². The molecule has 0 amide bonds. The molecule has 1 aliphatic rings. The van der Waals surface area contributed by atoms with Crippen molar-refractivity contribution in [2.24, 2.45) is 0 Å². The highest BCUT2D eigenvalue weighted by Crippen LogP contribution is 2.24. The minimum absolute atomic E-state index is 0.00746. The Morgan fingerprint density at radius 2 is 2.00 bits per heavy atom. The molecule has 0 radical (unpaired) electrons. The Morgan fingerprint density at radius 1 is 1.26 bits per heavy atom. The van der Waals surface area contributed by atoms with Crippen LogP contribution in [0.3, 0.4) is 0 Å². The van der Waals surface area contributed by atoms with Crippen LogP contribution in [-0.2, 0) is 9.84 Å². The predicted molar refractivity (Wildman–Crippen MR) is 84.1 cm³/mol. The quantitative estimate of drug-likeness (QED) is 0.872. The number of nitrogens with zero attached hydrogens (tertiary/aromatic N) is 2. The number of hydrogen-bond donors (Lipinski definition) is 2. The number of aromatic nitrogens is 2. The number of aliphatic hydroxyl groups is 1. The number of hydrogen-bond acceptors (Lipinski definition) is 6. The van der Waals surface area contributed by atoms with Crippen molar-refractivity contribution < 1.29 is 17.9 Å². The first-order valence-electron chi connectivity index (χ1n) is 7.10. The predicted octanol–water partition coefficient (Wildman–Crippen LogP) is 1.24. The summed E-state index contributed by atoms with van der Waals surface area (Å²) in [6, 6.07) is 5.87. The van der Waals surface area contributed by atoms with E-state index in [1.807, 2.05) is 0 Å². The molecule has 1 fully saturated rings. The van der Waals surface area contributed by atoms with Crippen LogP contribution in [0.25, 0.3) is 11.3 Å². The number of nitrogens with one attached hydrogen (secondary N) is 1. The summed E-state index contributed by atoms with van der Waals surface area (Å²) >= 11 is 0. The van der Waals surface area contributed by atoms with Crippen LogP contribution in [0.2, 0.25) is 0 Å². The van der Waals surface area contributed by atoms with Gasteiger partial charge in [0.15, 0.2) is 9.84 Å². The van der Waals surface area contributed by atoms with Gasteiger partial charge in [0, 0.05) is 12.1 Å². The fraction of sp³-hybridized carbons (Fsp3) is 0.333. The second kappa shape index (κ2) is 5.86. The summed E-state index contributed by atoms with van der Waals surface area (Å²) < 4.78 is 35.9. The summed E-state index contributed by atoms with van der Waals surface area (Å²) in [5, 5.41) is 13.2. The van der Waals surface area contributed by atoms with E-state index in [4.69, 9.17) is 0 Å². The SMILES string of the molecule is O=S1(=O)CCC(O)(CNc2cncc(-c3ccc(F)cc3)n2)C1. The van der Waals surface area contributed by atoms with Gasteiger partial charge >= 0.3 is 0 Å². The van der Waals surface area contributed by atoms with Crippen LogP contribution >= 0.6 is 0 Å². The number of rotatable bonds is 4. The number of halogens is 1. The maximum atomic E-state index is 13.0. The van der Waals surface area contributed by atoms with Crippen molar-refractivity contribution >= 4 is 15.7 Å². The molecule has 0 aliphatic carbocycles. The average Bonchev–Trinajstić information content (AvgIpc) is 2.80. The van der Waals surface area contributed by atoms with E-state index in [0.29, 0.717) is 17.1 Å². The van der Waals surface area contributed by atoms with Crippen molar-refractivity contribution in [3.63, 3.8) is 0 Å². The molecular formula is C15H16FN3O3S. The van der Waals surface area contributed by atoms with Gasteiger partial charge in [-0.05, 0) is 30.7 Å². The summed E-state index contributed by atoms with van der Waals surface area (Å²) in [7, 11) is -3.18. The highest BCUT2D eigenvalue weighted by molar-refractivity contribution is 7.91. The molecule has 1 unspecified atom stereocenters. The number of benzene rings is 1. The second-order valence-electron chi connectivity index (χ2n) is 5.72. The standard InChI is InChI=1S/C15H16FN3O3S/c16-12-3-1-11(2-4-12)13-7-17-8-14(19-13)18-9-15(20)5-6-23(21,22)10-15/h1-4,7-8,20H,5-6,9-10H2,(H,18,19). The van der Waals surface area contributed by atoms with Crippen molar-refractivity contribution in [3.05, 3.63) is 42.5 Å². The first kappa shape index (κ1) is 15.8. The van der Waals surface area contributed by atoms with Crippen LogP contribution < -0.4 is 5.32 Å². The van der Waals surface area contributed by atoms with E-state index < -0.39 is 15.4 Å². The van der Waals surface area contributed by atoms with E-state index in [-0.39, 0.29) is 30.3 Å². The van der Waals surface area contributed by atoms with Gasteiger partial charge in [0.05, 0.1) is 35.2 Å². The Morgan fingerprint density at radius 3 is 2.65 bits per heavy atom. The van der Waals surface area contributed by atoms with Gasteiger partial charge < -0.3 is 10.4 Å². The molecule has 2 heterocycles. The number of sulfone groups is 1. The maximum Gasteiger partial charge on any atom is 0.153 e. The first-order chi connectivity index (χ1) is 10.9. The fourth-order valence-electron chi connectivity index (χ4n) is 2.50. The summed E-state index contributed by atoms with van der Waals surface area (Å²) in [4.78, 5) is 8.41. The Balaban J connectivity index is 1.72. The lowest BCUT2D eigenvalue weighted by Gasteiger charge is -2.21. The minimum atomic E-state index is -3.18. The molecule has 23 heavy (non-hydrogen) atoms. The molecule has 3 rings (SSSR count). The zero-order valence-electron chi connectivity index (χ0n) is 12.2. The van der Waals surface area contributed by atoms with E-state index in [2.05, 4.69) is 15.3 Å². The van der Waals surface area contributed by atoms with Crippen LogP contribution in [-0.4, -0.2) is 47.1 Å². The Labute approximate surface area is 133 Å². The highest BCUT2D eigenvalue weighted by Gasteiger charge is 2.40. The molecule has 1 saturated heterocycles. The van der Waals surface area contributed by atoms with E-state index >= 15 is 0 Å². The van der Waals surface area contributed by atoms with E-state index in [9.17, 15) is 17.9 Å². The van der Waals surface area contributed by atoms with E-state index in [0.717, 1.165) is 0 Å². The van der Waals surface area contributed by atoms with Crippen molar-refractivity contribution in [2.45, 2.75) is 12.0 Å². The Kier molecular flexibility index (Phi) is 4.03. The molecule has 0 spiro atoms. The minimum Gasteiger partial charge on any atom is -0.387 e. The lowest BCUT2D eigenvalue weighted by atomic mass is 10.0. The van der Waals surface area contributed by atoms with Crippen LogP contribution in [0.5, 0.6) is 0 Å². The average molecular weight is 337 g/mol. The fourth-order valence-corrected chi connectivity index (χ4v) is 4.40. The number of anilines is 1. The Bertz CT molecular complexity index is 811. The molecule has 8 heteroatoms. The molecular weight excluding hydrogens is 321 g/mol. The van der Waals surface area contributed by atoms with Crippen molar-refractivity contribution in [3.8, 4) is 11.3 Å². The lowest BCUT2D eigenvalue weighted by Crippen LogP contribution is -2.38. The highest BCUT2D eigenvalue weighted by atomic mass is 32.2. The zero-order chi connectivity index (χ0) is 16.5. The van der Waals surface area contributed by atoms with Gasteiger partial charge in [-0.3, -0.25) is 4.98 Å². The third-order valence-corrected chi connectivity index (χ3v) is 5.54. The molecule has 1 aromatic heterocycles. The van der Waals surface area contributed by atoms with Gasteiger partial charge in [0.2, 0.25) is 0 Å². The molecule has 122 valence electrons. The molecule has 6 nitrogen and oxygen atoms in total. The smallest absolute Gasteiger partial charge is 0.153 e. The van der Waals surface area contributed by atoms with Crippen LogP contribution in [0, 0.1) is 5.82 Å². The molecule has 1 atom stereocenters.